The van der Waals surface area contributed by atoms with Gasteiger partial charge in [-0.2, -0.15) is 0 Å². The van der Waals surface area contributed by atoms with Gasteiger partial charge in [0.2, 0.25) is 0 Å². The van der Waals surface area contributed by atoms with Crippen molar-refractivity contribution in [3.05, 3.63) is 30.1 Å². The van der Waals surface area contributed by atoms with E-state index in [2.05, 4.69) is 33.0 Å². The Kier molecular flexibility index (Phi) is 2.23. The molecule has 1 radical (unpaired) electrons. The Bertz CT molecular complexity index is 388. The summed E-state index contributed by atoms with van der Waals surface area (Å²) < 4.78 is 0. The summed E-state index contributed by atoms with van der Waals surface area (Å²) in [4.78, 5) is 7.52. The van der Waals surface area contributed by atoms with Gasteiger partial charge >= 0.3 is 0 Å². The Hall–Kier alpha value is -1.42. The molecule has 4 heteroatoms. The van der Waals surface area contributed by atoms with Crippen LogP contribution in [0.5, 0.6) is 0 Å². The first-order valence-electron chi connectivity index (χ1n) is 3.94. The molecule has 65 valence electrons. The van der Waals surface area contributed by atoms with Gasteiger partial charge in [-0.3, -0.25) is 0 Å². The Balaban J connectivity index is 2.32. The zero-order chi connectivity index (χ0) is 9.10. The zero-order valence-electron chi connectivity index (χ0n) is 6.87. The normalized spacial score (nSPS) is 10.2. The highest BCUT2D eigenvalue weighted by atomic mass is 32.1. The van der Waals surface area contributed by atoms with Crippen molar-refractivity contribution in [1.82, 2.24) is 15.3 Å². The highest BCUT2D eigenvalue weighted by Gasteiger charge is 1.99. The number of nitrogens with zero attached hydrogens (tertiary/aromatic N) is 1. The lowest BCUT2D eigenvalue weighted by atomic mass is 10.3. The van der Waals surface area contributed by atoms with Crippen LogP contribution in [0.2, 0.25) is 0 Å². The van der Waals surface area contributed by atoms with Gasteiger partial charge in [-0.1, -0.05) is 24.4 Å². The van der Waals surface area contributed by atoms with E-state index in [1.165, 1.54) is 0 Å². The van der Waals surface area contributed by atoms with Gasteiger partial charge in [-0.15, -0.1) is 0 Å². The van der Waals surface area contributed by atoms with Crippen molar-refractivity contribution in [2.24, 2.45) is 0 Å². The third kappa shape index (κ3) is 1.67. The molecule has 0 unspecified atom stereocenters. The number of aromatic amines is 1. The molecule has 0 fully saturated rings. The molecule has 2 aromatic rings. The van der Waals surface area contributed by atoms with Crippen molar-refractivity contribution >= 4 is 28.7 Å². The molecular formula is C9H8N3S. The monoisotopic (exact) mass is 190 g/mol. The molecule has 0 bridgehead atoms. The summed E-state index contributed by atoms with van der Waals surface area (Å²) in [5, 5.41) is 2.80. The van der Waals surface area contributed by atoms with E-state index in [1.807, 2.05) is 24.3 Å². The molecular weight excluding hydrogens is 182 g/mol. The summed E-state index contributed by atoms with van der Waals surface area (Å²) >= 11 is 4.53. The highest BCUT2D eigenvalue weighted by molar-refractivity contribution is 7.78. The smallest absolute Gasteiger partial charge is 0.134 e. The molecule has 13 heavy (non-hydrogen) atoms. The number of benzene rings is 1. The third-order valence-corrected chi connectivity index (χ3v) is 1.91. The van der Waals surface area contributed by atoms with Gasteiger partial charge in [0, 0.05) is 0 Å². The number of thiocarbonyl (C=S) groups is 1. The fraction of sp³-hybridized carbons (Fsp3) is 0.111. The summed E-state index contributed by atoms with van der Waals surface area (Å²) in [6.45, 7) is 0.595. The number of imidazole rings is 1. The third-order valence-electron chi connectivity index (χ3n) is 1.77. The molecule has 3 nitrogen and oxygen atoms in total. The molecule has 2 rings (SSSR count). The molecule has 0 spiro atoms. The maximum atomic E-state index is 4.53. The van der Waals surface area contributed by atoms with E-state index in [4.69, 9.17) is 0 Å². The second kappa shape index (κ2) is 3.53. The molecule has 1 aromatic heterocycles. The number of aromatic nitrogens is 2. The number of rotatable bonds is 3. The van der Waals surface area contributed by atoms with Crippen LogP contribution in [0, 0.1) is 0 Å². The maximum Gasteiger partial charge on any atom is 0.134 e. The van der Waals surface area contributed by atoms with Crippen molar-refractivity contribution in [3.63, 3.8) is 0 Å². The van der Waals surface area contributed by atoms with Gasteiger partial charge in [0.25, 0.3) is 0 Å². The van der Waals surface area contributed by atoms with Gasteiger partial charge in [0.15, 0.2) is 0 Å². The van der Waals surface area contributed by atoms with Crippen LogP contribution in [0.4, 0.5) is 0 Å². The van der Waals surface area contributed by atoms with Crippen LogP contribution in [-0.4, -0.2) is 15.5 Å². The molecule has 0 atom stereocenters. The Morgan fingerprint density at radius 1 is 1.46 bits per heavy atom. The summed E-state index contributed by atoms with van der Waals surface area (Å²) in [5.74, 6) is 0.874. The van der Waals surface area contributed by atoms with Crippen LogP contribution < -0.4 is 5.32 Å². The predicted molar refractivity (Wildman–Crippen MR) is 55.5 cm³/mol. The van der Waals surface area contributed by atoms with Gasteiger partial charge in [0.1, 0.15) is 11.3 Å². The molecule has 0 saturated carbocycles. The largest absolute Gasteiger partial charge is 0.367 e. The topological polar surface area (TPSA) is 40.7 Å². The summed E-state index contributed by atoms with van der Waals surface area (Å²) in [5.41, 5.74) is 4.45. The standard InChI is InChI=1S/C9H8N3S/c13-6-10-5-9-11-7-3-1-2-4-8(7)12-9/h1-4H,5H2,(H,10,13)(H,11,12). The fourth-order valence-electron chi connectivity index (χ4n) is 1.21. The molecule has 2 N–H and O–H groups in total. The first kappa shape index (κ1) is 8.19. The van der Waals surface area contributed by atoms with Crippen LogP contribution in [-0.2, 0) is 6.54 Å². The Labute approximate surface area is 81.2 Å². The van der Waals surface area contributed by atoms with Crippen LogP contribution in [0.15, 0.2) is 24.3 Å². The van der Waals surface area contributed by atoms with Crippen LogP contribution >= 0.6 is 12.2 Å². The van der Waals surface area contributed by atoms with Crippen molar-refractivity contribution < 1.29 is 0 Å². The van der Waals surface area contributed by atoms with Crippen molar-refractivity contribution in [3.8, 4) is 0 Å². The van der Waals surface area contributed by atoms with Crippen molar-refractivity contribution in [1.29, 1.82) is 0 Å². The quantitative estimate of drug-likeness (QED) is 0.569. The molecule has 0 aliphatic rings. The van der Waals surface area contributed by atoms with Crippen LogP contribution in [0.25, 0.3) is 11.0 Å². The van der Waals surface area contributed by atoms with Crippen LogP contribution in [0.1, 0.15) is 5.82 Å². The minimum absolute atomic E-state index is 0.595. The lowest BCUT2D eigenvalue weighted by Gasteiger charge is -1.91. The Morgan fingerprint density at radius 3 is 3.08 bits per heavy atom. The number of fused-ring (bicyclic) bond motifs is 1. The molecule has 0 aliphatic heterocycles. The van der Waals surface area contributed by atoms with E-state index in [9.17, 15) is 0 Å². The van der Waals surface area contributed by atoms with E-state index in [1.54, 1.807) is 0 Å². The number of H-pyrrole nitrogens is 1. The van der Waals surface area contributed by atoms with Gasteiger partial charge in [-0.25, -0.2) is 4.98 Å². The summed E-state index contributed by atoms with van der Waals surface area (Å²) in [6, 6.07) is 7.90. The van der Waals surface area contributed by atoms with E-state index < -0.39 is 0 Å². The number of hydrogen-bond donors (Lipinski definition) is 2. The first-order chi connectivity index (χ1) is 6.40. The van der Waals surface area contributed by atoms with E-state index in [-0.39, 0.29) is 0 Å². The lowest BCUT2D eigenvalue weighted by Crippen LogP contribution is -2.09. The molecule has 1 aromatic carbocycles. The lowest BCUT2D eigenvalue weighted by molar-refractivity contribution is 0.872. The zero-order valence-corrected chi connectivity index (χ0v) is 7.69. The molecule has 0 saturated heterocycles. The van der Waals surface area contributed by atoms with E-state index in [0.717, 1.165) is 16.9 Å². The second-order valence-electron chi connectivity index (χ2n) is 2.66. The summed E-state index contributed by atoms with van der Waals surface area (Å²) in [6.07, 6.45) is 0. The average Bonchev–Trinajstić information content (AvgIpc) is 2.57. The van der Waals surface area contributed by atoms with E-state index in [0.29, 0.717) is 6.54 Å². The first-order valence-corrected chi connectivity index (χ1v) is 4.34. The van der Waals surface area contributed by atoms with Gasteiger partial charge < -0.3 is 10.3 Å². The number of hydrogen-bond acceptors (Lipinski definition) is 2. The second-order valence-corrected chi connectivity index (χ2v) is 2.86. The SMILES string of the molecule is S=[C]NCc1nc2ccccc2[nH]1. The van der Waals surface area contributed by atoms with Crippen LogP contribution in [0.3, 0.4) is 0 Å². The van der Waals surface area contributed by atoms with E-state index >= 15 is 0 Å². The minimum atomic E-state index is 0.595. The van der Waals surface area contributed by atoms with Crippen molar-refractivity contribution in [2.75, 3.05) is 0 Å². The maximum absolute atomic E-state index is 4.53. The number of para-hydroxylation sites is 2. The fourth-order valence-corrected chi connectivity index (χ4v) is 1.28. The summed E-state index contributed by atoms with van der Waals surface area (Å²) in [7, 11) is 0. The molecule has 0 amide bonds. The number of nitrogens with one attached hydrogen (secondary N) is 2. The molecule has 1 heterocycles. The van der Waals surface area contributed by atoms with Crippen molar-refractivity contribution in [2.45, 2.75) is 6.54 Å². The predicted octanol–water partition coefficient (Wildman–Crippen LogP) is 1.49. The average molecular weight is 190 g/mol. The molecule has 0 aliphatic carbocycles. The van der Waals surface area contributed by atoms with Gasteiger partial charge in [-0.05, 0) is 12.1 Å². The highest BCUT2D eigenvalue weighted by Crippen LogP contribution is 2.09. The van der Waals surface area contributed by atoms with Gasteiger partial charge in [0.05, 0.1) is 17.6 Å². The Morgan fingerprint density at radius 2 is 2.31 bits per heavy atom. The minimum Gasteiger partial charge on any atom is -0.367 e.